The van der Waals surface area contributed by atoms with Crippen LogP contribution in [-0.2, 0) is 12.1 Å². The van der Waals surface area contributed by atoms with Crippen molar-refractivity contribution in [2.45, 2.75) is 0 Å². The van der Waals surface area contributed by atoms with Crippen molar-refractivity contribution in [3.63, 3.8) is 0 Å². The van der Waals surface area contributed by atoms with Crippen LogP contribution in [0.5, 0.6) is 0 Å². The minimum Gasteiger partial charge on any atom is -0.782 e. The molecule has 0 N–H and O–H groups in total. The zero-order chi connectivity index (χ0) is 13.8. The van der Waals surface area contributed by atoms with Crippen molar-refractivity contribution < 1.29 is 29.6 Å². The van der Waals surface area contributed by atoms with E-state index in [-0.39, 0.29) is 29.6 Å². The third-order valence-corrected chi connectivity index (χ3v) is 9.10. The average Bonchev–Trinajstić information content (AvgIpc) is 2.56. The van der Waals surface area contributed by atoms with Gasteiger partial charge >= 0.3 is 29.6 Å². The van der Waals surface area contributed by atoms with E-state index < -0.39 is 7.22 Å². The SMILES string of the molecule is [Na+].[S-][Si](c1ccccc1)(c1ccccc1)c1ccccc1. The Hall–Kier alpha value is -0.773. The van der Waals surface area contributed by atoms with Crippen molar-refractivity contribution in [3.05, 3.63) is 91.0 Å². The quantitative estimate of drug-likeness (QED) is 0.347. The molecule has 0 heterocycles. The number of hydrogen-bond donors (Lipinski definition) is 0. The van der Waals surface area contributed by atoms with Crippen molar-refractivity contribution in [1.82, 2.24) is 0 Å². The fourth-order valence-electron chi connectivity index (χ4n) is 2.52. The summed E-state index contributed by atoms with van der Waals surface area (Å²) in [5, 5.41) is 3.81. The Bertz CT molecular complexity index is 575. The van der Waals surface area contributed by atoms with Crippen LogP contribution in [-0.4, -0.2) is 7.22 Å². The van der Waals surface area contributed by atoms with Crippen LogP contribution in [0.3, 0.4) is 0 Å². The first-order valence-electron chi connectivity index (χ1n) is 6.69. The molecule has 0 bridgehead atoms. The molecule has 0 aromatic heterocycles. The fraction of sp³-hybridized carbons (Fsp3) is 0. The van der Waals surface area contributed by atoms with Crippen LogP contribution in [0, 0.1) is 0 Å². The molecule has 0 aliphatic heterocycles. The van der Waals surface area contributed by atoms with Gasteiger partial charge in [-0.05, 0) is 0 Å². The van der Waals surface area contributed by atoms with Gasteiger partial charge in [0.15, 0.2) is 0 Å². The molecule has 0 aliphatic rings. The summed E-state index contributed by atoms with van der Waals surface area (Å²) >= 11 is 6.24. The van der Waals surface area contributed by atoms with Crippen molar-refractivity contribution in [1.29, 1.82) is 0 Å². The standard InChI is InChI=1S/C18H15SSi.Na/c19-20(16-10-4-1-5-11-16,17-12-6-2-7-13-17)18-14-8-3-9-15-18;/h1-15H;/q-1;+1. The zero-order valence-corrected chi connectivity index (χ0v) is 15.9. The molecule has 3 aromatic rings. The summed E-state index contributed by atoms with van der Waals surface area (Å²) in [6.07, 6.45) is 0. The molecule has 0 fully saturated rings. The molecule has 0 saturated heterocycles. The second-order valence-electron chi connectivity index (χ2n) is 4.78. The molecule has 0 amide bonds. The molecule has 0 spiro atoms. The van der Waals surface area contributed by atoms with Gasteiger partial charge in [-0.3, -0.25) is 0 Å². The molecule has 3 heteroatoms. The van der Waals surface area contributed by atoms with Gasteiger partial charge in [0.05, 0.1) is 0 Å². The summed E-state index contributed by atoms with van der Waals surface area (Å²) in [6.45, 7) is 0. The second kappa shape index (κ2) is 7.48. The normalized spacial score (nSPS) is 10.7. The van der Waals surface area contributed by atoms with Crippen LogP contribution in [0.4, 0.5) is 0 Å². The molecule has 3 rings (SSSR count). The van der Waals surface area contributed by atoms with E-state index in [9.17, 15) is 0 Å². The molecule has 0 saturated carbocycles. The van der Waals surface area contributed by atoms with Crippen LogP contribution in [0.25, 0.3) is 0 Å². The summed E-state index contributed by atoms with van der Waals surface area (Å²) in [5.41, 5.74) is 0. The Kier molecular flexibility index (Phi) is 5.91. The van der Waals surface area contributed by atoms with Gasteiger partial charge in [-0.15, -0.1) is 0 Å². The number of benzene rings is 3. The Morgan fingerprint density at radius 2 is 0.714 bits per heavy atom. The van der Waals surface area contributed by atoms with E-state index in [0.29, 0.717) is 0 Å². The first-order chi connectivity index (χ1) is 9.82. The van der Waals surface area contributed by atoms with Crippen molar-refractivity contribution in [2.24, 2.45) is 0 Å². The van der Waals surface area contributed by atoms with E-state index in [1.807, 2.05) is 18.2 Å². The van der Waals surface area contributed by atoms with Crippen molar-refractivity contribution in [3.8, 4) is 0 Å². The van der Waals surface area contributed by atoms with Gasteiger partial charge in [-0.2, -0.15) is 0 Å². The molecule has 98 valence electrons. The molecular weight excluding hydrogens is 299 g/mol. The molecule has 0 aliphatic carbocycles. The second-order valence-corrected chi connectivity index (χ2v) is 9.71. The molecule has 0 atom stereocenters. The van der Waals surface area contributed by atoms with Gasteiger partial charge in [0.25, 0.3) is 0 Å². The monoisotopic (exact) mass is 314 g/mol. The number of rotatable bonds is 3. The first-order valence-corrected chi connectivity index (χ1v) is 9.82. The molecule has 21 heavy (non-hydrogen) atoms. The zero-order valence-electron chi connectivity index (χ0n) is 12.1. The molecule has 3 aromatic carbocycles. The molecule has 0 nitrogen and oxygen atoms in total. The minimum absolute atomic E-state index is 0. The van der Waals surface area contributed by atoms with Gasteiger partial charge < -0.3 is 12.1 Å². The Balaban J connectivity index is 0.00000161. The van der Waals surface area contributed by atoms with Gasteiger partial charge in [-0.1, -0.05) is 107 Å². The Labute approximate surface area is 154 Å². The van der Waals surface area contributed by atoms with Gasteiger partial charge in [0, 0.05) is 7.22 Å². The summed E-state index contributed by atoms with van der Waals surface area (Å²) < 4.78 is 0. The maximum absolute atomic E-state index is 6.24. The third kappa shape index (κ3) is 3.36. The topological polar surface area (TPSA) is 0 Å². The van der Waals surface area contributed by atoms with Crippen LogP contribution in [0.2, 0.25) is 0 Å². The minimum atomic E-state index is -2.29. The first kappa shape index (κ1) is 16.6. The van der Waals surface area contributed by atoms with E-state index >= 15 is 0 Å². The van der Waals surface area contributed by atoms with Crippen LogP contribution >= 0.6 is 0 Å². The van der Waals surface area contributed by atoms with Crippen LogP contribution in [0.15, 0.2) is 91.0 Å². The average molecular weight is 314 g/mol. The summed E-state index contributed by atoms with van der Waals surface area (Å²) in [4.78, 5) is 0. The van der Waals surface area contributed by atoms with E-state index in [1.54, 1.807) is 0 Å². The third-order valence-electron chi connectivity index (χ3n) is 3.54. The predicted octanol–water partition coefficient (Wildman–Crippen LogP) is -0.796. The van der Waals surface area contributed by atoms with Gasteiger partial charge in [0.2, 0.25) is 0 Å². The van der Waals surface area contributed by atoms with Gasteiger partial charge in [0.1, 0.15) is 0 Å². The van der Waals surface area contributed by atoms with Crippen molar-refractivity contribution in [2.75, 3.05) is 0 Å². The Morgan fingerprint density at radius 3 is 0.952 bits per heavy atom. The van der Waals surface area contributed by atoms with Crippen LogP contribution in [0.1, 0.15) is 0 Å². The summed E-state index contributed by atoms with van der Waals surface area (Å²) in [5.74, 6) is 0. The summed E-state index contributed by atoms with van der Waals surface area (Å²) in [7, 11) is -2.29. The number of hydrogen-bond acceptors (Lipinski definition) is 1. The summed E-state index contributed by atoms with van der Waals surface area (Å²) in [6, 6.07) is 31.6. The largest absolute Gasteiger partial charge is 1.00 e. The molecular formula is C18H15NaSSi. The van der Waals surface area contributed by atoms with Crippen molar-refractivity contribution >= 4 is 34.9 Å². The van der Waals surface area contributed by atoms with E-state index in [0.717, 1.165) is 0 Å². The van der Waals surface area contributed by atoms with E-state index in [2.05, 4.69) is 72.8 Å². The van der Waals surface area contributed by atoms with E-state index in [1.165, 1.54) is 15.6 Å². The molecule has 0 radical (unpaired) electrons. The fourth-order valence-corrected chi connectivity index (χ4v) is 6.73. The molecule has 0 unspecified atom stereocenters. The smallest absolute Gasteiger partial charge is 0.782 e. The predicted molar refractivity (Wildman–Crippen MR) is 91.3 cm³/mol. The Morgan fingerprint density at radius 1 is 0.476 bits per heavy atom. The van der Waals surface area contributed by atoms with Gasteiger partial charge in [-0.25, -0.2) is 0 Å². The van der Waals surface area contributed by atoms with Crippen LogP contribution < -0.4 is 45.1 Å². The maximum atomic E-state index is 6.24. The van der Waals surface area contributed by atoms with E-state index in [4.69, 9.17) is 12.1 Å². The maximum Gasteiger partial charge on any atom is 1.00 e.